The topological polar surface area (TPSA) is 38.3 Å². The number of ether oxygens (including phenoxy) is 1. The molecule has 2 rings (SSSR count). The molecule has 1 saturated heterocycles. The van der Waals surface area contributed by atoms with E-state index in [-0.39, 0.29) is 6.10 Å². The average molecular weight is 211 g/mol. The highest BCUT2D eigenvalue weighted by molar-refractivity contribution is 5.81. The lowest BCUT2D eigenvalue weighted by molar-refractivity contribution is -0.127. The fourth-order valence-corrected chi connectivity index (χ4v) is 2.57. The summed E-state index contributed by atoms with van der Waals surface area (Å²) in [5, 5.41) is 3.27. The zero-order valence-corrected chi connectivity index (χ0v) is 9.34. The predicted octanol–water partition coefficient (Wildman–Crippen LogP) is 1.51. The van der Waals surface area contributed by atoms with Crippen molar-refractivity contribution >= 4 is 5.78 Å². The van der Waals surface area contributed by atoms with Crippen LogP contribution >= 0.6 is 0 Å². The molecule has 1 aliphatic carbocycles. The van der Waals surface area contributed by atoms with Crippen LogP contribution in [0.25, 0.3) is 0 Å². The maximum absolute atomic E-state index is 12.0. The molecular weight excluding hydrogens is 190 g/mol. The van der Waals surface area contributed by atoms with Crippen molar-refractivity contribution in [2.45, 2.75) is 44.6 Å². The van der Waals surface area contributed by atoms with Crippen LogP contribution < -0.4 is 5.32 Å². The summed E-state index contributed by atoms with van der Waals surface area (Å²) in [6.45, 7) is 2.52. The van der Waals surface area contributed by atoms with E-state index in [1.54, 1.807) is 0 Å². The van der Waals surface area contributed by atoms with Crippen molar-refractivity contribution in [3.8, 4) is 0 Å². The highest BCUT2D eigenvalue weighted by Gasteiger charge is 2.24. The van der Waals surface area contributed by atoms with Crippen molar-refractivity contribution in [1.29, 1.82) is 0 Å². The van der Waals surface area contributed by atoms with E-state index in [9.17, 15) is 4.79 Å². The van der Waals surface area contributed by atoms with Crippen LogP contribution in [-0.2, 0) is 9.53 Å². The van der Waals surface area contributed by atoms with Crippen LogP contribution in [-0.4, -0.2) is 31.6 Å². The zero-order valence-electron chi connectivity index (χ0n) is 9.34. The van der Waals surface area contributed by atoms with E-state index in [0.29, 0.717) is 18.1 Å². The van der Waals surface area contributed by atoms with Gasteiger partial charge in [0.1, 0.15) is 5.78 Å². The maximum atomic E-state index is 12.0. The van der Waals surface area contributed by atoms with Crippen LogP contribution in [0.1, 0.15) is 38.5 Å². The van der Waals surface area contributed by atoms with Gasteiger partial charge in [-0.1, -0.05) is 19.3 Å². The van der Waals surface area contributed by atoms with Crippen molar-refractivity contribution in [2.75, 3.05) is 19.7 Å². The molecule has 0 bridgehead atoms. The monoisotopic (exact) mass is 211 g/mol. The van der Waals surface area contributed by atoms with Gasteiger partial charge in [0.2, 0.25) is 0 Å². The summed E-state index contributed by atoms with van der Waals surface area (Å²) in [7, 11) is 0. The SMILES string of the molecule is O=C(CC1CNCCO1)C1CCCCC1. The van der Waals surface area contributed by atoms with Gasteiger partial charge in [-0.3, -0.25) is 4.79 Å². The van der Waals surface area contributed by atoms with E-state index >= 15 is 0 Å². The Labute approximate surface area is 91.6 Å². The van der Waals surface area contributed by atoms with Crippen LogP contribution in [0.4, 0.5) is 0 Å². The largest absolute Gasteiger partial charge is 0.375 e. The smallest absolute Gasteiger partial charge is 0.138 e. The van der Waals surface area contributed by atoms with Gasteiger partial charge >= 0.3 is 0 Å². The fraction of sp³-hybridized carbons (Fsp3) is 0.917. The molecule has 1 aliphatic heterocycles. The number of hydrogen-bond donors (Lipinski definition) is 1. The van der Waals surface area contributed by atoms with Gasteiger partial charge in [0.15, 0.2) is 0 Å². The molecule has 0 aromatic rings. The normalized spacial score (nSPS) is 28.9. The molecule has 1 saturated carbocycles. The quantitative estimate of drug-likeness (QED) is 0.769. The molecule has 1 unspecified atom stereocenters. The number of rotatable bonds is 3. The van der Waals surface area contributed by atoms with Crippen molar-refractivity contribution < 1.29 is 9.53 Å². The number of carbonyl (C=O) groups excluding carboxylic acids is 1. The zero-order chi connectivity index (χ0) is 10.5. The minimum absolute atomic E-state index is 0.133. The van der Waals surface area contributed by atoms with Crippen LogP contribution in [0.2, 0.25) is 0 Å². The number of Topliss-reactive ketones (excluding diaryl/α,β-unsaturated/α-hetero) is 1. The Hall–Kier alpha value is -0.410. The van der Waals surface area contributed by atoms with Gasteiger partial charge in [-0.15, -0.1) is 0 Å². The van der Waals surface area contributed by atoms with Crippen molar-refractivity contribution in [3.63, 3.8) is 0 Å². The first-order valence-corrected chi connectivity index (χ1v) is 6.21. The Morgan fingerprint density at radius 3 is 2.73 bits per heavy atom. The summed E-state index contributed by atoms with van der Waals surface area (Å²) in [5.41, 5.74) is 0. The molecule has 3 nitrogen and oxygen atoms in total. The summed E-state index contributed by atoms with van der Waals surface area (Å²) in [5.74, 6) is 0.771. The lowest BCUT2D eigenvalue weighted by Gasteiger charge is -2.26. The second-order valence-electron chi connectivity index (χ2n) is 4.70. The van der Waals surface area contributed by atoms with E-state index in [1.165, 1.54) is 19.3 Å². The predicted molar refractivity (Wildman–Crippen MR) is 58.8 cm³/mol. The minimum Gasteiger partial charge on any atom is -0.375 e. The molecule has 0 aromatic heterocycles. The summed E-state index contributed by atoms with van der Waals surface area (Å²) < 4.78 is 5.56. The van der Waals surface area contributed by atoms with Crippen LogP contribution in [0.15, 0.2) is 0 Å². The number of hydrogen-bond acceptors (Lipinski definition) is 3. The molecule has 1 atom stereocenters. The number of ketones is 1. The molecule has 1 N–H and O–H groups in total. The Morgan fingerprint density at radius 1 is 1.27 bits per heavy atom. The van der Waals surface area contributed by atoms with E-state index in [0.717, 1.165) is 32.5 Å². The highest BCUT2D eigenvalue weighted by Crippen LogP contribution is 2.26. The van der Waals surface area contributed by atoms with Crippen LogP contribution in [0.5, 0.6) is 0 Å². The molecule has 2 aliphatic rings. The van der Waals surface area contributed by atoms with Gasteiger partial charge in [-0.2, -0.15) is 0 Å². The van der Waals surface area contributed by atoms with Gasteiger partial charge in [0, 0.05) is 25.4 Å². The Balaban J connectivity index is 1.74. The molecule has 2 fully saturated rings. The summed E-state index contributed by atoms with van der Waals surface area (Å²) in [4.78, 5) is 12.0. The number of nitrogens with one attached hydrogen (secondary N) is 1. The lowest BCUT2D eigenvalue weighted by atomic mass is 9.84. The second kappa shape index (κ2) is 5.61. The Kier molecular flexibility index (Phi) is 4.15. The molecule has 0 amide bonds. The first-order valence-electron chi connectivity index (χ1n) is 6.21. The van der Waals surface area contributed by atoms with Crippen molar-refractivity contribution in [1.82, 2.24) is 5.32 Å². The first-order chi connectivity index (χ1) is 7.36. The summed E-state index contributed by atoms with van der Waals surface area (Å²) in [6, 6.07) is 0. The first kappa shape index (κ1) is 11.1. The molecule has 0 radical (unpaired) electrons. The van der Waals surface area contributed by atoms with Gasteiger partial charge in [-0.05, 0) is 12.8 Å². The van der Waals surface area contributed by atoms with Crippen molar-refractivity contribution in [2.24, 2.45) is 5.92 Å². The molecular formula is C12H21NO2. The molecule has 0 aromatic carbocycles. The highest BCUT2D eigenvalue weighted by atomic mass is 16.5. The molecule has 0 spiro atoms. The number of carbonyl (C=O) groups is 1. The number of morpholine rings is 1. The van der Waals surface area contributed by atoms with E-state index in [4.69, 9.17) is 4.74 Å². The van der Waals surface area contributed by atoms with E-state index in [2.05, 4.69) is 5.32 Å². The standard InChI is InChI=1S/C12H21NO2/c14-12(10-4-2-1-3-5-10)8-11-9-13-6-7-15-11/h10-11,13H,1-9H2. The average Bonchev–Trinajstić information content (AvgIpc) is 2.31. The van der Waals surface area contributed by atoms with Gasteiger partial charge in [0.05, 0.1) is 12.7 Å². The molecule has 86 valence electrons. The molecule has 1 heterocycles. The van der Waals surface area contributed by atoms with Crippen molar-refractivity contribution in [3.05, 3.63) is 0 Å². The Bertz CT molecular complexity index is 206. The third-order valence-corrected chi connectivity index (χ3v) is 3.49. The van der Waals surface area contributed by atoms with E-state index < -0.39 is 0 Å². The molecule has 15 heavy (non-hydrogen) atoms. The summed E-state index contributed by atoms with van der Waals surface area (Å²) in [6.07, 6.45) is 6.76. The third kappa shape index (κ3) is 3.28. The van der Waals surface area contributed by atoms with Crippen LogP contribution in [0, 0.1) is 5.92 Å². The van der Waals surface area contributed by atoms with Gasteiger partial charge < -0.3 is 10.1 Å². The maximum Gasteiger partial charge on any atom is 0.138 e. The fourth-order valence-electron chi connectivity index (χ4n) is 2.57. The summed E-state index contributed by atoms with van der Waals surface area (Å²) >= 11 is 0. The minimum atomic E-state index is 0.133. The lowest BCUT2D eigenvalue weighted by Crippen LogP contribution is -2.40. The Morgan fingerprint density at radius 2 is 2.07 bits per heavy atom. The third-order valence-electron chi connectivity index (χ3n) is 3.49. The van der Waals surface area contributed by atoms with Crippen LogP contribution in [0.3, 0.4) is 0 Å². The van der Waals surface area contributed by atoms with Gasteiger partial charge in [0.25, 0.3) is 0 Å². The van der Waals surface area contributed by atoms with E-state index in [1.807, 2.05) is 0 Å². The molecule has 3 heteroatoms. The second-order valence-corrected chi connectivity index (χ2v) is 4.70. The van der Waals surface area contributed by atoms with Gasteiger partial charge in [-0.25, -0.2) is 0 Å².